The number of carbonyl (C=O) groups is 1. The van der Waals surface area contributed by atoms with Gasteiger partial charge in [-0.05, 0) is 109 Å². The lowest BCUT2D eigenvalue weighted by Crippen LogP contribution is -2.60. The van der Waals surface area contributed by atoms with E-state index in [1.54, 1.807) is 0 Å². The summed E-state index contributed by atoms with van der Waals surface area (Å²) in [5.41, 5.74) is 0. The quantitative estimate of drug-likeness (QED) is 0.0197. The molecule has 4 N–H and O–H groups in total. The van der Waals surface area contributed by atoms with Crippen LogP contribution >= 0.6 is 0 Å². The molecule has 12 nitrogen and oxygen atoms in total. The molecule has 396 valence electrons. The first-order chi connectivity index (χ1) is 34.1. The molecule has 1 rings (SSSR count). The van der Waals surface area contributed by atoms with Crippen LogP contribution in [0.1, 0.15) is 155 Å². The van der Waals surface area contributed by atoms with Gasteiger partial charge in [-0.15, -0.1) is 0 Å². The molecule has 6 unspecified atom stereocenters. The molecule has 70 heavy (non-hydrogen) atoms. The second-order valence-electron chi connectivity index (χ2n) is 17.0. The van der Waals surface area contributed by atoms with Crippen LogP contribution in [0.4, 0.5) is 0 Å². The van der Waals surface area contributed by atoms with Gasteiger partial charge in [0.25, 0.3) is 0 Å². The minimum absolute atomic E-state index is 0.00264. The zero-order chi connectivity index (χ0) is 51.0. The Bertz CT molecular complexity index is 1720. The molecule has 0 aromatic carbocycles. The molecule has 6 atom stereocenters. The Morgan fingerprint density at radius 3 is 1.37 bits per heavy atom. The summed E-state index contributed by atoms with van der Waals surface area (Å²) in [6, 6.07) is 0. The van der Waals surface area contributed by atoms with Gasteiger partial charge in [-0.2, -0.15) is 8.42 Å². The van der Waals surface area contributed by atoms with Gasteiger partial charge in [0.1, 0.15) is 30.5 Å². The van der Waals surface area contributed by atoms with Crippen molar-refractivity contribution >= 4 is 16.4 Å². The summed E-state index contributed by atoms with van der Waals surface area (Å²) in [6.45, 7) is 3.65. The summed E-state index contributed by atoms with van der Waals surface area (Å²) in [4.78, 5) is 12.9. The molecule has 0 aromatic rings. The zero-order valence-corrected chi connectivity index (χ0v) is 43.3. The largest absolute Gasteiger partial charge is 0.457 e. The van der Waals surface area contributed by atoms with Crippen LogP contribution < -0.4 is 0 Å². The number of rotatable bonds is 43. The first kappa shape index (κ1) is 64.3. The Morgan fingerprint density at radius 2 is 0.943 bits per heavy atom. The van der Waals surface area contributed by atoms with E-state index in [1.165, 1.54) is 0 Å². The highest BCUT2D eigenvalue weighted by Crippen LogP contribution is 2.26. The van der Waals surface area contributed by atoms with Crippen molar-refractivity contribution in [3.63, 3.8) is 0 Å². The van der Waals surface area contributed by atoms with Crippen LogP contribution in [-0.2, 0) is 38.3 Å². The fourth-order valence-corrected chi connectivity index (χ4v) is 7.44. The summed E-state index contributed by atoms with van der Waals surface area (Å²) in [5.74, 6) is -0.453. The predicted octanol–water partition coefficient (Wildman–Crippen LogP) is 12.3. The maximum absolute atomic E-state index is 12.9. The summed E-state index contributed by atoms with van der Waals surface area (Å²) < 4.78 is 59.2. The summed E-state index contributed by atoms with van der Waals surface area (Å²) in [7, 11) is -5.08. The van der Waals surface area contributed by atoms with E-state index in [9.17, 15) is 33.1 Å². The first-order valence-electron chi connectivity index (χ1n) is 25.9. The molecule has 1 saturated heterocycles. The monoisotopic (exact) mass is 999 g/mol. The van der Waals surface area contributed by atoms with Crippen molar-refractivity contribution in [2.24, 2.45) is 0 Å². The lowest BCUT2D eigenvalue weighted by atomic mass is 9.99. The Balaban J connectivity index is 2.43. The molecule has 0 saturated carbocycles. The second kappa shape index (κ2) is 46.3. The van der Waals surface area contributed by atoms with Gasteiger partial charge in [0, 0.05) is 13.0 Å². The van der Waals surface area contributed by atoms with Gasteiger partial charge in [-0.1, -0.05) is 173 Å². The predicted molar refractivity (Wildman–Crippen MR) is 284 cm³/mol. The normalized spacial score (nSPS) is 20.2. The van der Waals surface area contributed by atoms with Crippen LogP contribution in [0.15, 0.2) is 134 Å². The van der Waals surface area contributed by atoms with Crippen LogP contribution in [-0.4, -0.2) is 97.5 Å². The van der Waals surface area contributed by atoms with Crippen molar-refractivity contribution < 1.29 is 56.2 Å². The molecule has 1 aliphatic rings. The van der Waals surface area contributed by atoms with Crippen LogP contribution in [0.25, 0.3) is 0 Å². The van der Waals surface area contributed by atoms with Gasteiger partial charge >= 0.3 is 16.4 Å². The van der Waals surface area contributed by atoms with E-state index in [4.69, 9.17) is 18.9 Å². The van der Waals surface area contributed by atoms with E-state index in [1.807, 2.05) is 0 Å². The topological polar surface area (TPSA) is 178 Å². The highest BCUT2D eigenvalue weighted by atomic mass is 32.3. The molecule has 1 aliphatic heterocycles. The van der Waals surface area contributed by atoms with Gasteiger partial charge < -0.3 is 34.3 Å². The van der Waals surface area contributed by atoms with Gasteiger partial charge in [-0.3, -0.25) is 9.35 Å². The Kier molecular flexibility index (Phi) is 42.5. The van der Waals surface area contributed by atoms with Crippen molar-refractivity contribution in [3.8, 4) is 0 Å². The maximum Gasteiger partial charge on any atom is 0.397 e. The third kappa shape index (κ3) is 38.9. The summed E-state index contributed by atoms with van der Waals surface area (Å²) >= 11 is 0. The van der Waals surface area contributed by atoms with Gasteiger partial charge in [-0.25, -0.2) is 4.18 Å². The number of aliphatic hydroxyl groups excluding tert-OH is 3. The van der Waals surface area contributed by atoms with Crippen molar-refractivity contribution in [3.05, 3.63) is 134 Å². The fourth-order valence-electron chi connectivity index (χ4n) is 6.94. The van der Waals surface area contributed by atoms with E-state index in [2.05, 4.69) is 152 Å². The van der Waals surface area contributed by atoms with Crippen LogP contribution in [0.5, 0.6) is 0 Å². The van der Waals surface area contributed by atoms with Crippen LogP contribution in [0, 0.1) is 0 Å². The van der Waals surface area contributed by atoms with Crippen molar-refractivity contribution in [2.45, 2.75) is 192 Å². The average Bonchev–Trinajstić information content (AvgIpc) is 3.34. The highest BCUT2D eigenvalue weighted by Gasteiger charge is 2.48. The zero-order valence-electron chi connectivity index (χ0n) is 42.5. The summed E-state index contributed by atoms with van der Waals surface area (Å²) in [5, 5.41) is 30.8. The first-order valence-corrected chi connectivity index (χ1v) is 27.3. The third-order valence-electron chi connectivity index (χ3n) is 10.8. The molecule has 0 aliphatic carbocycles. The molecule has 0 bridgehead atoms. The molecule has 0 spiro atoms. The number of carbonyl (C=O) groups excluding carboxylic acids is 1. The van der Waals surface area contributed by atoms with Crippen LogP contribution in [0.2, 0.25) is 0 Å². The molecule has 0 amide bonds. The molecule has 0 aromatic heterocycles. The SMILES string of the molecule is CC/C=C\C/C=C\C/C=C\C/C=C\C/C=C\C/C=C\CCCCC(=O)OC(COCCCCCCCC/C=C\C/C=C\C/C=C\C/C=C\C/C=C\CC)COC1OC(CO)C(O)C(OS(=O)(=O)O)C1O. The highest BCUT2D eigenvalue weighted by molar-refractivity contribution is 7.80. The maximum atomic E-state index is 12.9. The number of hydrogen-bond acceptors (Lipinski definition) is 11. The number of unbranched alkanes of at least 4 members (excludes halogenated alkanes) is 8. The van der Waals surface area contributed by atoms with Gasteiger partial charge in [0.05, 0.1) is 19.8 Å². The minimum atomic E-state index is -5.08. The summed E-state index contributed by atoms with van der Waals surface area (Å²) in [6.07, 6.45) is 59.1. The van der Waals surface area contributed by atoms with E-state index in [0.29, 0.717) is 13.0 Å². The molecule has 1 heterocycles. The number of aliphatic hydroxyl groups is 3. The van der Waals surface area contributed by atoms with E-state index in [0.717, 1.165) is 128 Å². The Morgan fingerprint density at radius 1 is 0.543 bits per heavy atom. The second-order valence-corrected chi connectivity index (χ2v) is 18.0. The van der Waals surface area contributed by atoms with E-state index < -0.39 is 59.8 Å². The number of allylic oxidation sites excluding steroid dienone is 22. The number of hydrogen-bond donors (Lipinski definition) is 4. The standard InChI is InChI=1S/C57H90O12S/c1-3-5-7-9-11-13-15-17-19-21-23-25-27-29-31-33-35-37-39-41-43-45-47-65-49-51(50-66-57-55(61)56(69-70(62,63)64)54(60)52(48-58)68-57)67-53(59)46-44-42-40-38-36-34-32-30-28-26-24-22-20-18-16-14-12-10-8-6-4-2/h5-8,11-14,17-20,23-26,29-32,36,38,51-52,54-58,60-61H,3-4,9-10,15-16,21-22,27-28,33-35,37,39-50H2,1-2H3,(H,62,63,64)/b7-5-,8-6-,13-11-,14-12-,19-17-,20-18-,25-23-,26-24-,31-29-,32-30-,38-36-. The Hall–Kier alpha value is -3.76. The number of ether oxygens (including phenoxy) is 4. The van der Waals surface area contributed by atoms with E-state index in [-0.39, 0.29) is 19.6 Å². The smallest absolute Gasteiger partial charge is 0.397 e. The van der Waals surface area contributed by atoms with Gasteiger partial charge in [0.15, 0.2) is 6.29 Å². The van der Waals surface area contributed by atoms with Crippen molar-refractivity contribution in [1.29, 1.82) is 0 Å². The fraction of sp³-hybridized carbons (Fsp3) is 0.596. The molecule has 1 fully saturated rings. The van der Waals surface area contributed by atoms with Crippen molar-refractivity contribution in [1.82, 2.24) is 0 Å². The molecular weight excluding hydrogens is 909 g/mol. The molecule has 13 heteroatoms. The Labute approximate surface area is 423 Å². The lowest BCUT2D eigenvalue weighted by molar-refractivity contribution is -0.301. The number of esters is 1. The molecular formula is C57H90O12S. The van der Waals surface area contributed by atoms with E-state index >= 15 is 0 Å². The third-order valence-corrected chi connectivity index (χ3v) is 11.2. The molecule has 0 radical (unpaired) electrons. The lowest BCUT2D eigenvalue weighted by Gasteiger charge is -2.41. The minimum Gasteiger partial charge on any atom is -0.457 e. The average molecular weight is 999 g/mol. The van der Waals surface area contributed by atoms with Crippen molar-refractivity contribution in [2.75, 3.05) is 26.4 Å². The van der Waals surface area contributed by atoms with Crippen LogP contribution in [0.3, 0.4) is 0 Å². The van der Waals surface area contributed by atoms with Gasteiger partial charge in [0.2, 0.25) is 0 Å².